The highest BCUT2D eigenvalue weighted by molar-refractivity contribution is 6.23. The van der Waals surface area contributed by atoms with Crippen molar-refractivity contribution in [2.24, 2.45) is 0 Å². The molecule has 0 unspecified atom stereocenters. The van der Waals surface area contributed by atoms with Gasteiger partial charge in [0.1, 0.15) is 23.9 Å². The molecule has 1 saturated heterocycles. The molecule has 0 aromatic heterocycles. The van der Waals surface area contributed by atoms with Crippen LogP contribution in [0.1, 0.15) is 49.0 Å². The number of hydrogen-bond acceptors (Lipinski definition) is 5. The molecule has 2 aromatic rings. The molecule has 0 atom stereocenters. The van der Waals surface area contributed by atoms with E-state index in [0.717, 1.165) is 42.9 Å². The molecule has 0 N–H and O–H groups in total. The molecule has 5 heteroatoms. The molecule has 0 radical (unpaired) electrons. The van der Waals surface area contributed by atoms with Crippen LogP contribution in [0.4, 0.5) is 0 Å². The van der Waals surface area contributed by atoms with Gasteiger partial charge in [0.05, 0.1) is 13.2 Å². The summed E-state index contributed by atoms with van der Waals surface area (Å²) >= 11 is 0. The predicted octanol–water partition coefficient (Wildman–Crippen LogP) is 4.56. The van der Waals surface area contributed by atoms with Crippen LogP contribution < -0.4 is 14.2 Å². The summed E-state index contributed by atoms with van der Waals surface area (Å²) in [6.07, 6.45) is 3.44. The van der Waals surface area contributed by atoms with Crippen LogP contribution in [-0.4, -0.2) is 50.1 Å². The van der Waals surface area contributed by atoms with Gasteiger partial charge in [-0.05, 0) is 51.4 Å². The quantitative estimate of drug-likeness (QED) is 0.532. The number of ketones is 1. The van der Waals surface area contributed by atoms with Crippen LogP contribution in [0.3, 0.4) is 0 Å². The molecule has 4 rings (SSSR count). The van der Waals surface area contributed by atoms with Crippen LogP contribution in [0.15, 0.2) is 30.3 Å². The molecule has 1 heterocycles. The zero-order chi connectivity index (χ0) is 20.2. The molecule has 2 aliphatic rings. The van der Waals surface area contributed by atoms with Crippen molar-refractivity contribution in [1.82, 2.24) is 4.90 Å². The SMILES string of the molecule is CCCOc1cc(OCC)c2c(c1)C(=O)c1cccc(OCCN3CCCC3)c1-2. The minimum absolute atomic E-state index is 0.00268. The van der Waals surface area contributed by atoms with Crippen LogP contribution >= 0.6 is 0 Å². The summed E-state index contributed by atoms with van der Waals surface area (Å²) in [5.74, 6) is 2.10. The highest BCUT2D eigenvalue weighted by Gasteiger charge is 2.33. The minimum atomic E-state index is 0.00268. The maximum Gasteiger partial charge on any atom is 0.194 e. The number of likely N-dealkylation sites (tertiary alicyclic amines) is 1. The molecule has 1 aliphatic heterocycles. The lowest BCUT2D eigenvalue weighted by Gasteiger charge is -2.17. The van der Waals surface area contributed by atoms with Crippen molar-refractivity contribution < 1.29 is 19.0 Å². The van der Waals surface area contributed by atoms with E-state index in [4.69, 9.17) is 14.2 Å². The van der Waals surface area contributed by atoms with Crippen molar-refractivity contribution in [3.8, 4) is 28.4 Å². The number of ether oxygens (including phenoxy) is 3. The number of carbonyl (C=O) groups is 1. The lowest BCUT2D eigenvalue weighted by Crippen LogP contribution is -2.25. The van der Waals surface area contributed by atoms with Crippen molar-refractivity contribution in [2.75, 3.05) is 39.5 Å². The van der Waals surface area contributed by atoms with Gasteiger partial charge in [0.15, 0.2) is 5.78 Å². The van der Waals surface area contributed by atoms with E-state index in [-0.39, 0.29) is 5.78 Å². The second-order valence-electron chi connectivity index (χ2n) is 7.53. The Balaban J connectivity index is 1.67. The number of benzene rings is 2. The van der Waals surface area contributed by atoms with Gasteiger partial charge in [-0.25, -0.2) is 0 Å². The van der Waals surface area contributed by atoms with E-state index < -0.39 is 0 Å². The summed E-state index contributed by atoms with van der Waals surface area (Å²) in [4.78, 5) is 15.6. The van der Waals surface area contributed by atoms with Crippen LogP contribution in [0.25, 0.3) is 11.1 Å². The van der Waals surface area contributed by atoms with Crippen LogP contribution in [-0.2, 0) is 0 Å². The van der Waals surface area contributed by atoms with Gasteiger partial charge in [0.25, 0.3) is 0 Å². The van der Waals surface area contributed by atoms with E-state index in [0.29, 0.717) is 42.4 Å². The fraction of sp³-hybridized carbons (Fsp3) is 0.458. The Morgan fingerprint density at radius 1 is 0.897 bits per heavy atom. The van der Waals surface area contributed by atoms with E-state index in [1.807, 2.05) is 37.3 Å². The van der Waals surface area contributed by atoms with Gasteiger partial charge < -0.3 is 14.2 Å². The Labute approximate surface area is 172 Å². The zero-order valence-corrected chi connectivity index (χ0v) is 17.3. The molecular weight excluding hydrogens is 366 g/mol. The van der Waals surface area contributed by atoms with Crippen molar-refractivity contribution in [3.05, 3.63) is 41.5 Å². The molecule has 1 aliphatic carbocycles. The highest BCUT2D eigenvalue weighted by Crippen LogP contribution is 2.49. The number of hydrogen-bond donors (Lipinski definition) is 0. The smallest absolute Gasteiger partial charge is 0.194 e. The summed E-state index contributed by atoms with van der Waals surface area (Å²) in [6, 6.07) is 9.43. The molecule has 0 spiro atoms. The first kappa shape index (κ1) is 19.8. The highest BCUT2D eigenvalue weighted by atomic mass is 16.5. The van der Waals surface area contributed by atoms with Gasteiger partial charge in [0.2, 0.25) is 0 Å². The van der Waals surface area contributed by atoms with Crippen LogP contribution in [0.2, 0.25) is 0 Å². The summed E-state index contributed by atoms with van der Waals surface area (Å²) in [6.45, 7) is 8.95. The molecule has 5 nitrogen and oxygen atoms in total. The fourth-order valence-electron chi connectivity index (χ4n) is 4.13. The lowest BCUT2D eigenvalue weighted by atomic mass is 10.0. The largest absolute Gasteiger partial charge is 0.493 e. The number of carbonyl (C=O) groups excluding carboxylic acids is 1. The molecule has 0 amide bonds. The molecular formula is C24H29NO4. The minimum Gasteiger partial charge on any atom is -0.493 e. The first-order valence-electron chi connectivity index (χ1n) is 10.7. The third kappa shape index (κ3) is 3.97. The van der Waals surface area contributed by atoms with E-state index in [1.165, 1.54) is 12.8 Å². The van der Waals surface area contributed by atoms with Gasteiger partial charge in [-0.1, -0.05) is 19.1 Å². The predicted molar refractivity (Wildman–Crippen MR) is 113 cm³/mol. The van der Waals surface area contributed by atoms with Crippen molar-refractivity contribution in [2.45, 2.75) is 33.1 Å². The van der Waals surface area contributed by atoms with Crippen molar-refractivity contribution >= 4 is 5.78 Å². The van der Waals surface area contributed by atoms with Crippen molar-refractivity contribution in [3.63, 3.8) is 0 Å². The Morgan fingerprint density at radius 2 is 1.69 bits per heavy atom. The number of rotatable bonds is 9. The van der Waals surface area contributed by atoms with Crippen molar-refractivity contribution in [1.29, 1.82) is 0 Å². The van der Waals surface area contributed by atoms with E-state index in [1.54, 1.807) is 0 Å². The maximum atomic E-state index is 13.1. The average Bonchev–Trinajstić information content (AvgIpc) is 3.34. The number of nitrogens with zero attached hydrogens (tertiary/aromatic N) is 1. The monoisotopic (exact) mass is 395 g/mol. The standard InChI is InChI=1S/C24H29NO4/c1-3-13-28-17-15-19-23(21(16-17)27-4-2)22-18(24(19)26)8-7-9-20(22)29-14-12-25-10-5-6-11-25/h7-9,15-16H,3-6,10-14H2,1-2H3. The summed E-state index contributed by atoms with van der Waals surface area (Å²) in [5.41, 5.74) is 2.98. The molecule has 0 bridgehead atoms. The third-order valence-electron chi connectivity index (χ3n) is 5.48. The van der Waals surface area contributed by atoms with Gasteiger partial charge in [-0.15, -0.1) is 0 Å². The Bertz CT molecular complexity index is 887. The van der Waals surface area contributed by atoms with E-state index >= 15 is 0 Å². The van der Waals surface area contributed by atoms with Gasteiger partial charge in [-0.2, -0.15) is 0 Å². The molecule has 2 aromatic carbocycles. The van der Waals surface area contributed by atoms with Gasteiger partial charge in [0, 0.05) is 34.9 Å². The molecule has 0 saturated carbocycles. The molecule has 29 heavy (non-hydrogen) atoms. The van der Waals surface area contributed by atoms with E-state index in [2.05, 4.69) is 11.8 Å². The first-order chi connectivity index (χ1) is 14.2. The second-order valence-corrected chi connectivity index (χ2v) is 7.53. The summed E-state index contributed by atoms with van der Waals surface area (Å²) < 4.78 is 17.9. The van der Waals surface area contributed by atoms with Gasteiger partial charge in [-0.3, -0.25) is 9.69 Å². The Hall–Kier alpha value is -2.53. The average molecular weight is 395 g/mol. The zero-order valence-electron chi connectivity index (χ0n) is 17.3. The molecule has 1 fully saturated rings. The van der Waals surface area contributed by atoms with Gasteiger partial charge >= 0.3 is 0 Å². The molecule has 154 valence electrons. The lowest BCUT2D eigenvalue weighted by molar-refractivity contribution is 0.104. The topological polar surface area (TPSA) is 48.0 Å². The maximum absolute atomic E-state index is 13.1. The summed E-state index contributed by atoms with van der Waals surface area (Å²) in [7, 11) is 0. The van der Waals surface area contributed by atoms with Crippen LogP contribution in [0.5, 0.6) is 17.2 Å². The number of fused-ring (bicyclic) bond motifs is 3. The Morgan fingerprint density at radius 3 is 2.45 bits per heavy atom. The van der Waals surface area contributed by atoms with Crippen LogP contribution in [0, 0.1) is 0 Å². The second kappa shape index (κ2) is 8.87. The summed E-state index contributed by atoms with van der Waals surface area (Å²) in [5, 5.41) is 0. The van der Waals surface area contributed by atoms with E-state index in [9.17, 15) is 4.79 Å². The normalized spacial score (nSPS) is 15.3. The first-order valence-corrected chi connectivity index (χ1v) is 10.7. The Kier molecular flexibility index (Phi) is 6.05. The fourth-order valence-corrected chi connectivity index (χ4v) is 4.13. The third-order valence-corrected chi connectivity index (χ3v) is 5.48.